The summed E-state index contributed by atoms with van der Waals surface area (Å²) >= 11 is 0. The van der Waals surface area contributed by atoms with Crippen molar-refractivity contribution >= 4 is 76.0 Å². The van der Waals surface area contributed by atoms with Gasteiger partial charge in [0.15, 0.2) is 11.9 Å². The lowest BCUT2D eigenvalue weighted by atomic mass is 10.0. The molecule has 0 aliphatic carbocycles. The van der Waals surface area contributed by atoms with Crippen molar-refractivity contribution in [3.8, 4) is 0 Å². The number of aromatic nitrogens is 1. The van der Waals surface area contributed by atoms with E-state index in [4.69, 9.17) is 34.4 Å². The van der Waals surface area contributed by atoms with E-state index in [-0.39, 0.29) is 102 Å². The maximum Gasteiger partial charge on any atom is 0.243 e. The van der Waals surface area contributed by atoms with Gasteiger partial charge in [0.05, 0.1) is 6.42 Å². The number of rotatable bonds is 18. The fraction of sp³-hybridized carbons (Fsp3) is 0.479. The van der Waals surface area contributed by atoms with Gasteiger partial charge in [-0.1, -0.05) is 48.5 Å². The largest absolute Gasteiger partial charge is 0.370 e. The molecule has 0 spiro atoms. The Labute approximate surface area is 427 Å². The molecule has 0 radical (unpaired) electrons. The Morgan fingerprint density at radius 1 is 0.689 bits per heavy atom. The summed E-state index contributed by atoms with van der Waals surface area (Å²) in [6.45, 7) is 1.24. The first kappa shape index (κ1) is 58.3. The van der Waals surface area contributed by atoms with Crippen molar-refractivity contribution in [2.45, 2.75) is 120 Å². The molecular formula is C48H71N17O9. The number of fused-ring (bicyclic) bond motifs is 1. The summed E-state index contributed by atoms with van der Waals surface area (Å²) in [7, 11) is 0. The summed E-state index contributed by atoms with van der Waals surface area (Å²) in [5.74, 6) is -7.61. The Hall–Kier alpha value is -8.29. The average molecular weight is 1030 g/mol. The first-order valence-corrected chi connectivity index (χ1v) is 24.4. The van der Waals surface area contributed by atoms with Crippen molar-refractivity contribution in [3.05, 3.63) is 71.9 Å². The molecule has 9 amide bonds. The number of para-hydroxylation sites is 1. The molecule has 74 heavy (non-hydrogen) atoms. The molecule has 4 rings (SSSR count). The Balaban J connectivity index is 1.75. The van der Waals surface area contributed by atoms with Gasteiger partial charge in [-0.15, -0.1) is 0 Å². The van der Waals surface area contributed by atoms with Gasteiger partial charge in [-0.2, -0.15) is 0 Å². The van der Waals surface area contributed by atoms with Crippen molar-refractivity contribution in [2.75, 3.05) is 26.2 Å². The van der Waals surface area contributed by atoms with Crippen LogP contribution in [0.1, 0.15) is 75.8 Å². The second-order valence-electron chi connectivity index (χ2n) is 17.8. The zero-order chi connectivity index (χ0) is 54.2. The summed E-state index contributed by atoms with van der Waals surface area (Å²) in [5.41, 5.74) is 35.7. The summed E-state index contributed by atoms with van der Waals surface area (Å²) < 4.78 is 0. The van der Waals surface area contributed by atoms with Crippen molar-refractivity contribution < 1.29 is 43.2 Å². The molecule has 1 aliphatic rings. The van der Waals surface area contributed by atoms with Crippen molar-refractivity contribution in [3.63, 3.8) is 0 Å². The third-order valence-electron chi connectivity index (χ3n) is 11.9. The Morgan fingerprint density at radius 2 is 1.27 bits per heavy atom. The standard InChI is InChI=1S/C48H71N17O9/c1-27(66)59-33(16-9-21-56-47(51)52)41(69)65-38-25-39(67)55-20-8-7-15-32(40(50)68)60-45(73)37(24-29-26-58-31-14-6-5-13-30(29)31)64-42(70)34(17-10-22-57-48(53)54)61-44(72)36(23-28-11-3-2-4-12-28)63-43(71)35(18-19-49)62-46(38)74/h2-6,11-14,26,32-38,58H,7-10,15-25,49H2,1H3,(H2,50,68)(H,55,67)(H,59,66)(H,60,73)(H,61,72)(H,62,74)(H,63,71)(H,64,70)(H,65,69)(H4,51,52,56)(H4,53,54,57)/t32-,33-,34-,35-,36+,37-,38-/m0/s1. The van der Waals surface area contributed by atoms with Crippen LogP contribution in [0.2, 0.25) is 0 Å². The summed E-state index contributed by atoms with van der Waals surface area (Å²) in [5, 5.41) is 21.9. The predicted molar refractivity (Wildman–Crippen MR) is 276 cm³/mol. The van der Waals surface area contributed by atoms with Crippen molar-refractivity contribution in [2.24, 2.45) is 44.4 Å². The van der Waals surface area contributed by atoms with Crippen molar-refractivity contribution in [1.82, 2.24) is 47.5 Å². The molecular weight excluding hydrogens is 959 g/mol. The first-order chi connectivity index (χ1) is 35.3. The van der Waals surface area contributed by atoms with Gasteiger partial charge in [0.2, 0.25) is 53.2 Å². The van der Waals surface area contributed by atoms with E-state index in [1.807, 2.05) is 24.3 Å². The molecule has 3 aromatic rings. The maximum absolute atomic E-state index is 14.6. The molecule has 21 N–H and O–H groups in total. The zero-order valence-electron chi connectivity index (χ0n) is 41.5. The monoisotopic (exact) mass is 1030 g/mol. The average Bonchev–Trinajstić information content (AvgIpc) is 3.76. The Bertz CT molecular complexity index is 2480. The van der Waals surface area contributed by atoms with Gasteiger partial charge >= 0.3 is 0 Å². The van der Waals surface area contributed by atoms with E-state index in [2.05, 4.69) is 57.5 Å². The van der Waals surface area contributed by atoms with Gasteiger partial charge in [-0.25, -0.2) is 0 Å². The highest BCUT2D eigenvalue weighted by Gasteiger charge is 2.35. The number of hydrogen-bond acceptors (Lipinski definition) is 12. The number of nitrogens with zero attached hydrogens (tertiary/aromatic N) is 2. The topological polar surface area (TPSA) is 446 Å². The molecule has 1 fully saturated rings. The van der Waals surface area contributed by atoms with Crippen LogP contribution in [-0.4, -0.2) is 139 Å². The van der Waals surface area contributed by atoms with Gasteiger partial charge in [0.1, 0.15) is 42.3 Å². The van der Waals surface area contributed by atoms with Gasteiger partial charge < -0.3 is 81.9 Å². The highest BCUT2D eigenvalue weighted by atomic mass is 16.2. The number of hydrogen-bond donors (Lipinski definition) is 15. The van der Waals surface area contributed by atoms with Crippen LogP contribution in [0.5, 0.6) is 0 Å². The normalized spacial score (nSPS) is 21.2. The van der Waals surface area contributed by atoms with Crippen molar-refractivity contribution in [1.29, 1.82) is 0 Å². The number of H-pyrrole nitrogens is 1. The number of primary amides is 1. The SMILES string of the molecule is CC(=O)N[C@@H](CCCN=C(N)N)C(=O)N[C@H]1CC(=O)NCCCC[C@@H](C(N)=O)NC(=O)[C@H](Cc2c[nH]c3ccccc23)NC(=O)[C@H](CCCN=C(N)N)NC(=O)[C@@H](Cc2ccccc2)NC(=O)[C@H](CCN)NC1=O. The number of carbonyl (C=O) groups excluding carboxylic acids is 9. The summed E-state index contributed by atoms with van der Waals surface area (Å²) in [6.07, 6.45) is 1.59. The third kappa shape index (κ3) is 19.7. The number of carbonyl (C=O) groups is 9. The molecule has 402 valence electrons. The van der Waals surface area contributed by atoms with Crippen LogP contribution >= 0.6 is 0 Å². The highest BCUT2D eigenvalue weighted by molar-refractivity contribution is 5.99. The number of guanidine groups is 2. The van der Waals surface area contributed by atoms with E-state index in [0.29, 0.717) is 11.1 Å². The smallest absolute Gasteiger partial charge is 0.243 e. The second-order valence-corrected chi connectivity index (χ2v) is 17.8. The number of aromatic amines is 1. The maximum atomic E-state index is 14.6. The van der Waals surface area contributed by atoms with Gasteiger partial charge in [0.25, 0.3) is 0 Å². The first-order valence-electron chi connectivity index (χ1n) is 24.4. The van der Waals surface area contributed by atoms with Gasteiger partial charge in [-0.05, 0) is 75.1 Å². The lowest BCUT2D eigenvalue weighted by Gasteiger charge is -2.28. The molecule has 2 aromatic carbocycles. The minimum atomic E-state index is -1.63. The van der Waals surface area contributed by atoms with Crippen LogP contribution in [0, 0.1) is 0 Å². The molecule has 2 heterocycles. The lowest BCUT2D eigenvalue weighted by Crippen LogP contribution is -2.61. The predicted octanol–water partition coefficient (Wildman–Crippen LogP) is -4.00. The minimum absolute atomic E-state index is 0.0196. The molecule has 26 heteroatoms. The van der Waals surface area contributed by atoms with Gasteiger partial charge in [-0.3, -0.25) is 53.1 Å². The molecule has 7 atom stereocenters. The second kappa shape index (κ2) is 29.9. The highest BCUT2D eigenvalue weighted by Crippen LogP contribution is 2.20. The number of benzene rings is 2. The zero-order valence-corrected chi connectivity index (χ0v) is 41.5. The van der Waals surface area contributed by atoms with E-state index in [9.17, 15) is 43.2 Å². The third-order valence-corrected chi connectivity index (χ3v) is 11.9. The molecule has 0 saturated carbocycles. The minimum Gasteiger partial charge on any atom is -0.370 e. The summed E-state index contributed by atoms with van der Waals surface area (Å²) in [4.78, 5) is 135. The number of amides is 9. The lowest BCUT2D eigenvalue weighted by molar-refractivity contribution is -0.136. The van der Waals surface area contributed by atoms with Crippen LogP contribution in [0.15, 0.2) is 70.8 Å². The van der Waals surface area contributed by atoms with Crippen LogP contribution in [0.3, 0.4) is 0 Å². The molecule has 0 bridgehead atoms. The van der Waals surface area contributed by atoms with Crippen LogP contribution < -0.4 is 76.9 Å². The van der Waals surface area contributed by atoms with E-state index < -0.39 is 102 Å². The fourth-order valence-electron chi connectivity index (χ4n) is 8.10. The Kier molecular flexibility index (Phi) is 23.6. The fourth-order valence-corrected chi connectivity index (χ4v) is 8.10. The van der Waals surface area contributed by atoms with Crippen LogP contribution in [0.4, 0.5) is 0 Å². The quantitative estimate of drug-likeness (QED) is 0.0328. The molecule has 26 nitrogen and oxygen atoms in total. The molecule has 1 saturated heterocycles. The molecule has 0 unspecified atom stereocenters. The van der Waals surface area contributed by atoms with Crippen LogP contribution in [0.25, 0.3) is 10.9 Å². The van der Waals surface area contributed by atoms with E-state index in [0.717, 1.165) is 10.9 Å². The molecule has 1 aliphatic heterocycles. The van der Waals surface area contributed by atoms with E-state index >= 15 is 0 Å². The van der Waals surface area contributed by atoms with Crippen LogP contribution in [-0.2, 0) is 56.0 Å². The number of nitrogens with two attached hydrogens (primary N) is 6. The summed E-state index contributed by atoms with van der Waals surface area (Å²) in [6, 6.07) is 6.35. The Morgan fingerprint density at radius 3 is 1.92 bits per heavy atom. The van der Waals surface area contributed by atoms with Gasteiger partial charge in [0, 0.05) is 56.5 Å². The number of nitrogens with one attached hydrogen (secondary N) is 9. The van der Waals surface area contributed by atoms with E-state index in [1.165, 1.54) is 6.92 Å². The van der Waals surface area contributed by atoms with E-state index in [1.54, 1.807) is 36.5 Å². The number of aliphatic imine (C=N–C) groups is 2. The molecule has 1 aromatic heterocycles.